The van der Waals surface area contributed by atoms with Crippen LogP contribution < -0.4 is 14.5 Å². The molecule has 0 bridgehead atoms. The number of anilines is 2. The first kappa shape index (κ1) is 23.1. The maximum atomic E-state index is 13.3. The van der Waals surface area contributed by atoms with Gasteiger partial charge in [0.25, 0.3) is 5.91 Å². The topological polar surface area (TPSA) is 88.9 Å². The quantitative estimate of drug-likeness (QED) is 0.551. The van der Waals surface area contributed by atoms with Crippen LogP contribution in [0.1, 0.15) is 16.2 Å². The number of aryl methyl sites for hydroxylation is 2. The number of carbonyl (C=O) groups excluding carboxylic acids is 1. The van der Waals surface area contributed by atoms with Gasteiger partial charge >= 0.3 is 0 Å². The van der Waals surface area contributed by atoms with Gasteiger partial charge in [0.1, 0.15) is 17.3 Å². The highest BCUT2D eigenvalue weighted by Crippen LogP contribution is 2.25. The largest absolute Gasteiger partial charge is 0.497 e. The zero-order chi connectivity index (χ0) is 24.4. The van der Waals surface area contributed by atoms with Gasteiger partial charge in [0, 0.05) is 63.6 Å². The molecule has 10 nitrogen and oxygen atoms in total. The zero-order valence-electron chi connectivity index (χ0n) is 20.5. The van der Waals surface area contributed by atoms with E-state index in [1.54, 1.807) is 18.8 Å². The molecule has 10 heteroatoms. The fraction of sp³-hybridized carbons (Fsp3) is 0.440. The number of hydrogen-bond acceptors (Lipinski definition) is 8. The van der Waals surface area contributed by atoms with Crippen molar-refractivity contribution >= 4 is 17.7 Å². The summed E-state index contributed by atoms with van der Waals surface area (Å²) in [5, 5.41) is 4.57. The monoisotopic (exact) mass is 477 g/mol. The second kappa shape index (κ2) is 9.91. The van der Waals surface area contributed by atoms with Crippen molar-refractivity contribution in [3.8, 4) is 17.0 Å². The van der Waals surface area contributed by atoms with Crippen molar-refractivity contribution in [2.45, 2.75) is 6.92 Å². The smallest absolute Gasteiger partial charge is 0.272 e. The van der Waals surface area contributed by atoms with Crippen molar-refractivity contribution in [3.05, 3.63) is 47.8 Å². The number of amides is 1. The molecule has 2 aliphatic heterocycles. The van der Waals surface area contributed by atoms with Gasteiger partial charge in [0.2, 0.25) is 5.95 Å². The molecule has 184 valence electrons. The van der Waals surface area contributed by atoms with Gasteiger partial charge in [-0.2, -0.15) is 10.1 Å². The molecular weight excluding hydrogens is 446 g/mol. The Morgan fingerprint density at radius 3 is 2.49 bits per heavy atom. The van der Waals surface area contributed by atoms with E-state index < -0.39 is 0 Å². The van der Waals surface area contributed by atoms with Crippen molar-refractivity contribution in [1.82, 2.24) is 24.6 Å². The Morgan fingerprint density at radius 1 is 0.971 bits per heavy atom. The van der Waals surface area contributed by atoms with E-state index in [-0.39, 0.29) is 5.91 Å². The fourth-order valence-corrected chi connectivity index (χ4v) is 4.49. The van der Waals surface area contributed by atoms with E-state index in [0.717, 1.165) is 47.6 Å². The molecule has 35 heavy (non-hydrogen) atoms. The molecule has 2 aromatic heterocycles. The summed E-state index contributed by atoms with van der Waals surface area (Å²) < 4.78 is 12.4. The SMILES string of the molecule is COc1cccc(-c2cc(C(=O)N3CCN(c4nc(C)cc(N5CCOCC5)n4)CC3)n(C)n2)c1. The lowest BCUT2D eigenvalue weighted by Gasteiger charge is -2.35. The van der Waals surface area contributed by atoms with Gasteiger partial charge in [-0.05, 0) is 25.1 Å². The van der Waals surface area contributed by atoms with Crippen LogP contribution in [0.3, 0.4) is 0 Å². The first-order valence-corrected chi connectivity index (χ1v) is 11.9. The normalized spacial score (nSPS) is 16.5. The number of carbonyl (C=O) groups is 1. The Balaban J connectivity index is 1.27. The number of aromatic nitrogens is 4. The number of morpholine rings is 1. The van der Waals surface area contributed by atoms with Gasteiger partial charge in [0.15, 0.2) is 0 Å². The Morgan fingerprint density at radius 2 is 1.74 bits per heavy atom. The van der Waals surface area contributed by atoms with E-state index in [2.05, 4.69) is 19.9 Å². The van der Waals surface area contributed by atoms with E-state index in [4.69, 9.17) is 14.5 Å². The minimum absolute atomic E-state index is 0.0204. The molecule has 0 saturated carbocycles. The third-order valence-electron chi connectivity index (χ3n) is 6.48. The van der Waals surface area contributed by atoms with E-state index in [1.165, 1.54) is 0 Å². The van der Waals surface area contributed by atoms with Crippen molar-refractivity contribution < 1.29 is 14.3 Å². The summed E-state index contributed by atoms with van der Waals surface area (Å²) in [5.74, 6) is 2.40. The molecule has 1 aromatic carbocycles. The lowest BCUT2D eigenvalue weighted by atomic mass is 10.1. The number of ether oxygens (including phenoxy) is 2. The molecule has 0 N–H and O–H groups in total. The van der Waals surface area contributed by atoms with Gasteiger partial charge in [-0.1, -0.05) is 12.1 Å². The molecule has 5 rings (SSSR count). The number of hydrogen-bond donors (Lipinski definition) is 0. The van der Waals surface area contributed by atoms with Crippen LogP contribution in [0, 0.1) is 6.92 Å². The molecule has 0 radical (unpaired) electrons. The first-order chi connectivity index (χ1) is 17.0. The van der Waals surface area contributed by atoms with Crippen molar-refractivity contribution in [3.63, 3.8) is 0 Å². The van der Waals surface area contributed by atoms with Gasteiger partial charge in [-0.25, -0.2) is 4.98 Å². The first-order valence-electron chi connectivity index (χ1n) is 11.9. The standard InChI is InChI=1S/C25H31N7O3/c1-18-15-23(30-11-13-35-14-12-30)27-25(26-18)32-9-7-31(8-10-32)24(33)22-17-21(28-29(22)2)19-5-4-6-20(16-19)34-3/h4-6,15-17H,7-14H2,1-3H3. The molecule has 3 aromatic rings. The highest BCUT2D eigenvalue weighted by molar-refractivity contribution is 5.94. The van der Waals surface area contributed by atoms with E-state index in [9.17, 15) is 4.79 Å². The van der Waals surface area contributed by atoms with Crippen LogP contribution in [-0.2, 0) is 11.8 Å². The average Bonchev–Trinajstić information content (AvgIpc) is 3.30. The molecule has 2 saturated heterocycles. The molecular formula is C25H31N7O3. The minimum atomic E-state index is -0.0204. The van der Waals surface area contributed by atoms with Crippen molar-refractivity contribution in [2.75, 3.05) is 69.4 Å². The average molecular weight is 478 g/mol. The van der Waals surface area contributed by atoms with Crippen LogP contribution in [0.4, 0.5) is 11.8 Å². The third kappa shape index (κ3) is 4.93. The molecule has 0 aliphatic carbocycles. The second-order valence-electron chi connectivity index (χ2n) is 8.82. The summed E-state index contributed by atoms with van der Waals surface area (Å²) >= 11 is 0. The van der Waals surface area contributed by atoms with Crippen LogP contribution in [0.2, 0.25) is 0 Å². The van der Waals surface area contributed by atoms with Gasteiger partial charge < -0.3 is 24.2 Å². The zero-order valence-corrected chi connectivity index (χ0v) is 20.5. The summed E-state index contributed by atoms with van der Waals surface area (Å²) in [6.07, 6.45) is 0. The molecule has 2 aliphatic rings. The summed E-state index contributed by atoms with van der Waals surface area (Å²) in [6.45, 7) is 7.65. The molecule has 0 spiro atoms. The van der Waals surface area contributed by atoms with Crippen molar-refractivity contribution in [2.24, 2.45) is 7.05 Å². The number of methoxy groups -OCH3 is 1. The Bertz CT molecular complexity index is 1200. The molecule has 0 unspecified atom stereocenters. The highest BCUT2D eigenvalue weighted by Gasteiger charge is 2.27. The highest BCUT2D eigenvalue weighted by atomic mass is 16.5. The number of rotatable bonds is 5. The number of nitrogens with zero attached hydrogens (tertiary/aromatic N) is 7. The van der Waals surface area contributed by atoms with E-state index in [1.807, 2.05) is 48.2 Å². The number of benzene rings is 1. The van der Waals surface area contributed by atoms with Gasteiger partial charge in [-0.15, -0.1) is 0 Å². The maximum Gasteiger partial charge on any atom is 0.272 e. The van der Waals surface area contributed by atoms with Crippen LogP contribution >= 0.6 is 0 Å². The Hall–Kier alpha value is -3.66. The third-order valence-corrected chi connectivity index (χ3v) is 6.48. The van der Waals surface area contributed by atoms with E-state index in [0.29, 0.717) is 45.1 Å². The predicted molar refractivity (Wildman–Crippen MR) is 133 cm³/mol. The molecule has 4 heterocycles. The molecule has 2 fully saturated rings. The summed E-state index contributed by atoms with van der Waals surface area (Å²) in [5.41, 5.74) is 3.17. The van der Waals surface area contributed by atoms with Crippen molar-refractivity contribution in [1.29, 1.82) is 0 Å². The summed E-state index contributed by atoms with van der Waals surface area (Å²) in [7, 11) is 3.44. The van der Waals surface area contributed by atoms with Crippen LogP contribution in [0.25, 0.3) is 11.3 Å². The Kier molecular flexibility index (Phi) is 6.54. The molecule has 0 atom stereocenters. The minimum Gasteiger partial charge on any atom is -0.497 e. The van der Waals surface area contributed by atoms with E-state index >= 15 is 0 Å². The Labute approximate surface area is 205 Å². The van der Waals surface area contributed by atoms with Crippen LogP contribution in [0.5, 0.6) is 5.75 Å². The maximum absolute atomic E-state index is 13.3. The molecule has 1 amide bonds. The van der Waals surface area contributed by atoms with Crippen LogP contribution in [0.15, 0.2) is 36.4 Å². The lowest BCUT2D eigenvalue weighted by Crippen LogP contribution is -2.49. The summed E-state index contributed by atoms with van der Waals surface area (Å²) in [4.78, 5) is 29.1. The predicted octanol–water partition coefficient (Wildman–Crippen LogP) is 1.99. The number of piperazine rings is 1. The second-order valence-corrected chi connectivity index (χ2v) is 8.82. The fourth-order valence-electron chi connectivity index (χ4n) is 4.49. The van der Waals surface area contributed by atoms with Crippen LogP contribution in [-0.4, -0.2) is 90.1 Å². The lowest BCUT2D eigenvalue weighted by molar-refractivity contribution is 0.0735. The van der Waals surface area contributed by atoms with Gasteiger partial charge in [0.05, 0.1) is 26.0 Å². The summed E-state index contributed by atoms with van der Waals surface area (Å²) in [6, 6.07) is 11.6. The van der Waals surface area contributed by atoms with Gasteiger partial charge in [-0.3, -0.25) is 9.48 Å².